The summed E-state index contributed by atoms with van der Waals surface area (Å²) in [5.74, 6) is -0.295. The molecule has 0 bridgehead atoms. The van der Waals surface area contributed by atoms with Crippen LogP contribution in [0, 0.1) is 24.1 Å². The van der Waals surface area contributed by atoms with Crippen molar-refractivity contribution >= 4 is 5.82 Å². The van der Waals surface area contributed by atoms with E-state index in [0.29, 0.717) is 16.8 Å². The third kappa shape index (κ3) is 2.65. The Balaban J connectivity index is 2.30. The molecule has 0 radical (unpaired) electrons. The number of halogens is 1. The van der Waals surface area contributed by atoms with Crippen LogP contribution in [0.5, 0.6) is 0 Å². The quantitative estimate of drug-likeness (QED) is 0.767. The predicted molar refractivity (Wildman–Crippen MR) is 88.9 cm³/mol. The van der Waals surface area contributed by atoms with Crippen LogP contribution in [0.4, 0.5) is 10.2 Å². The number of rotatable bonds is 2. The number of nitrogens with zero attached hydrogens (tertiary/aromatic N) is 2. The van der Waals surface area contributed by atoms with E-state index >= 15 is 0 Å². The SMILES string of the molecule is Cc1ccccc1-c1cc(-c2ccccc2F)c(C#N)c(N)n1. The Morgan fingerprint density at radius 1 is 1.00 bits per heavy atom. The van der Waals surface area contributed by atoms with Crippen molar-refractivity contribution in [2.45, 2.75) is 6.92 Å². The lowest BCUT2D eigenvalue weighted by Crippen LogP contribution is -2.01. The first kappa shape index (κ1) is 14.7. The summed E-state index contributed by atoms with van der Waals surface area (Å²) in [6.45, 7) is 1.97. The molecule has 2 aromatic carbocycles. The van der Waals surface area contributed by atoms with Gasteiger partial charge in [-0.3, -0.25) is 0 Å². The molecule has 0 amide bonds. The van der Waals surface area contributed by atoms with Gasteiger partial charge in [-0.1, -0.05) is 42.5 Å². The molecule has 0 aliphatic rings. The van der Waals surface area contributed by atoms with E-state index in [1.54, 1.807) is 24.3 Å². The molecular weight excluding hydrogens is 289 g/mol. The van der Waals surface area contributed by atoms with Crippen LogP contribution in [0.25, 0.3) is 22.4 Å². The maximum atomic E-state index is 14.2. The average Bonchev–Trinajstić information content (AvgIpc) is 2.55. The summed E-state index contributed by atoms with van der Waals surface area (Å²) in [7, 11) is 0. The Morgan fingerprint density at radius 2 is 1.65 bits per heavy atom. The average molecular weight is 303 g/mol. The molecule has 1 heterocycles. The Labute approximate surface area is 133 Å². The molecule has 3 nitrogen and oxygen atoms in total. The number of nitriles is 1. The third-order valence-corrected chi connectivity index (χ3v) is 3.74. The number of anilines is 1. The summed E-state index contributed by atoms with van der Waals surface area (Å²) in [6, 6.07) is 17.8. The van der Waals surface area contributed by atoms with E-state index in [-0.39, 0.29) is 11.4 Å². The van der Waals surface area contributed by atoms with Crippen molar-refractivity contribution in [1.29, 1.82) is 5.26 Å². The summed E-state index contributed by atoms with van der Waals surface area (Å²) in [5.41, 5.74) is 9.49. The number of pyridine rings is 1. The van der Waals surface area contributed by atoms with Crippen LogP contribution in [0.3, 0.4) is 0 Å². The number of aryl methyl sites for hydroxylation is 1. The largest absolute Gasteiger partial charge is 0.383 e. The number of benzene rings is 2. The predicted octanol–water partition coefficient (Wildman–Crippen LogP) is 4.32. The lowest BCUT2D eigenvalue weighted by Gasteiger charge is -2.12. The second-order valence-electron chi connectivity index (χ2n) is 5.22. The highest BCUT2D eigenvalue weighted by Gasteiger charge is 2.16. The zero-order chi connectivity index (χ0) is 16.4. The van der Waals surface area contributed by atoms with Gasteiger partial charge in [-0.25, -0.2) is 9.37 Å². The summed E-state index contributed by atoms with van der Waals surface area (Å²) >= 11 is 0. The topological polar surface area (TPSA) is 62.7 Å². The van der Waals surface area contributed by atoms with E-state index in [4.69, 9.17) is 5.73 Å². The molecule has 0 aliphatic carbocycles. The summed E-state index contributed by atoms with van der Waals surface area (Å²) < 4.78 is 14.2. The molecule has 0 aliphatic heterocycles. The van der Waals surface area contributed by atoms with Gasteiger partial charge in [-0.2, -0.15) is 5.26 Å². The Kier molecular flexibility index (Phi) is 3.78. The monoisotopic (exact) mass is 303 g/mol. The number of hydrogen-bond acceptors (Lipinski definition) is 3. The molecule has 0 saturated heterocycles. The van der Waals surface area contributed by atoms with Gasteiger partial charge in [-0.15, -0.1) is 0 Å². The van der Waals surface area contributed by atoms with Gasteiger partial charge in [0, 0.05) is 16.7 Å². The van der Waals surface area contributed by atoms with Gasteiger partial charge >= 0.3 is 0 Å². The molecule has 2 N–H and O–H groups in total. The number of nitrogens with two attached hydrogens (primary N) is 1. The van der Waals surface area contributed by atoms with E-state index in [9.17, 15) is 9.65 Å². The smallest absolute Gasteiger partial charge is 0.142 e. The zero-order valence-corrected chi connectivity index (χ0v) is 12.5. The number of aromatic nitrogens is 1. The van der Waals surface area contributed by atoms with Gasteiger partial charge in [0.25, 0.3) is 0 Å². The number of nitrogen functional groups attached to an aromatic ring is 1. The molecule has 0 spiro atoms. The summed E-state index contributed by atoms with van der Waals surface area (Å²) in [4.78, 5) is 4.32. The fourth-order valence-corrected chi connectivity index (χ4v) is 2.57. The fraction of sp³-hybridized carbons (Fsp3) is 0.0526. The van der Waals surface area contributed by atoms with Gasteiger partial charge in [-0.05, 0) is 24.6 Å². The Morgan fingerprint density at radius 3 is 2.30 bits per heavy atom. The van der Waals surface area contributed by atoms with E-state index in [1.165, 1.54) is 6.07 Å². The Bertz CT molecular complexity index is 926. The van der Waals surface area contributed by atoms with E-state index < -0.39 is 5.82 Å². The summed E-state index contributed by atoms with van der Waals surface area (Å²) in [5, 5.41) is 9.38. The second-order valence-corrected chi connectivity index (χ2v) is 5.22. The van der Waals surface area contributed by atoms with Crippen LogP contribution in [0.2, 0.25) is 0 Å². The van der Waals surface area contributed by atoms with Gasteiger partial charge < -0.3 is 5.73 Å². The van der Waals surface area contributed by atoms with Crippen molar-refractivity contribution in [2.24, 2.45) is 0 Å². The first-order valence-electron chi connectivity index (χ1n) is 7.13. The minimum Gasteiger partial charge on any atom is -0.383 e. The Hall–Kier alpha value is -3.19. The number of hydrogen-bond donors (Lipinski definition) is 1. The lowest BCUT2D eigenvalue weighted by atomic mass is 9.97. The molecule has 1 aromatic heterocycles. The highest BCUT2D eigenvalue weighted by Crippen LogP contribution is 2.33. The van der Waals surface area contributed by atoms with Crippen LogP contribution < -0.4 is 5.73 Å². The molecule has 112 valence electrons. The molecule has 0 atom stereocenters. The van der Waals surface area contributed by atoms with Crippen LogP contribution in [0.15, 0.2) is 54.6 Å². The van der Waals surface area contributed by atoms with Crippen LogP contribution in [0.1, 0.15) is 11.1 Å². The highest BCUT2D eigenvalue weighted by atomic mass is 19.1. The highest BCUT2D eigenvalue weighted by molar-refractivity contribution is 5.81. The minimum absolute atomic E-state index is 0.103. The molecule has 0 fully saturated rings. The normalized spacial score (nSPS) is 10.3. The molecular formula is C19H14FN3. The lowest BCUT2D eigenvalue weighted by molar-refractivity contribution is 0.631. The molecule has 3 aromatic rings. The third-order valence-electron chi connectivity index (χ3n) is 3.74. The van der Waals surface area contributed by atoms with Crippen molar-refractivity contribution in [3.05, 3.63) is 71.5 Å². The van der Waals surface area contributed by atoms with E-state index in [2.05, 4.69) is 4.98 Å². The van der Waals surface area contributed by atoms with Crippen molar-refractivity contribution in [2.75, 3.05) is 5.73 Å². The van der Waals surface area contributed by atoms with Gasteiger partial charge in [0.05, 0.1) is 5.69 Å². The molecule has 23 heavy (non-hydrogen) atoms. The van der Waals surface area contributed by atoms with Crippen molar-refractivity contribution < 1.29 is 4.39 Å². The van der Waals surface area contributed by atoms with Crippen LogP contribution >= 0.6 is 0 Å². The second kappa shape index (κ2) is 5.90. The first-order chi connectivity index (χ1) is 11.1. The maximum Gasteiger partial charge on any atom is 0.142 e. The molecule has 0 unspecified atom stereocenters. The standard InChI is InChI=1S/C19H14FN3/c1-12-6-2-3-7-13(12)18-10-15(16(11-21)19(22)23-18)14-8-4-5-9-17(14)20/h2-10H,1H3,(H2,22,23). The first-order valence-corrected chi connectivity index (χ1v) is 7.13. The minimum atomic E-state index is -0.398. The molecule has 4 heteroatoms. The van der Waals surface area contributed by atoms with Gasteiger partial charge in [0.1, 0.15) is 23.3 Å². The molecule has 0 saturated carbocycles. The molecule has 3 rings (SSSR count). The van der Waals surface area contributed by atoms with Crippen molar-refractivity contribution in [1.82, 2.24) is 4.98 Å². The van der Waals surface area contributed by atoms with Crippen LogP contribution in [-0.4, -0.2) is 4.98 Å². The van der Waals surface area contributed by atoms with Gasteiger partial charge in [0.15, 0.2) is 0 Å². The fourth-order valence-electron chi connectivity index (χ4n) is 2.57. The van der Waals surface area contributed by atoms with Crippen molar-refractivity contribution in [3.63, 3.8) is 0 Å². The maximum absolute atomic E-state index is 14.2. The van der Waals surface area contributed by atoms with Crippen molar-refractivity contribution in [3.8, 4) is 28.5 Å². The zero-order valence-electron chi connectivity index (χ0n) is 12.5. The summed E-state index contributed by atoms with van der Waals surface area (Å²) in [6.07, 6.45) is 0. The van der Waals surface area contributed by atoms with Gasteiger partial charge in [0.2, 0.25) is 0 Å². The van der Waals surface area contributed by atoms with E-state index in [1.807, 2.05) is 37.3 Å². The van der Waals surface area contributed by atoms with E-state index in [0.717, 1.165) is 11.1 Å². The van der Waals surface area contributed by atoms with Crippen LogP contribution in [-0.2, 0) is 0 Å².